The first-order chi connectivity index (χ1) is 10.2. The van der Waals surface area contributed by atoms with E-state index >= 15 is 0 Å². The highest BCUT2D eigenvalue weighted by Gasteiger charge is 2.02. The normalized spacial score (nSPS) is 11.1. The van der Waals surface area contributed by atoms with Crippen LogP contribution in [0.15, 0.2) is 34.9 Å². The summed E-state index contributed by atoms with van der Waals surface area (Å²) in [5, 5.41) is 8.44. The molecule has 5 nitrogen and oxygen atoms in total. The molecule has 0 amide bonds. The summed E-state index contributed by atoms with van der Waals surface area (Å²) in [6, 6.07) is 10.5. The Morgan fingerprint density at radius 1 is 1.10 bits per heavy atom. The van der Waals surface area contributed by atoms with Gasteiger partial charge in [0.05, 0.1) is 5.52 Å². The van der Waals surface area contributed by atoms with Gasteiger partial charge in [0.25, 0.3) is 0 Å². The lowest BCUT2D eigenvalue weighted by Crippen LogP contribution is -2.17. The van der Waals surface area contributed by atoms with Gasteiger partial charge in [0.1, 0.15) is 0 Å². The molecule has 0 aliphatic carbocycles. The van der Waals surface area contributed by atoms with Gasteiger partial charge in [0.2, 0.25) is 5.89 Å². The molecule has 5 heteroatoms. The van der Waals surface area contributed by atoms with Gasteiger partial charge in [-0.15, -0.1) is 0 Å². The first-order valence-electron chi connectivity index (χ1n) is 7.07. The summed E-state index contributed by atoms with van der Waals surface area (Å²) >= 11 is 0. The van der Waals surface area contributed by atoms with Crippen LogP contribution in [0.3, 0.4) is 0 Å². The molecular weight excluding hydrogens is 264 g/mol. The van der Waals surface area contributed by atoms with Crippen molar-refractivity contribution in [3.8, 4) is 0 Å². The summed E-state index contributed by atoms with van der Waals surface area (Å²) in [6.45, 7) is 5.45. The first kappa shape index (κ1) is 13.7. The number of nitrogens with zero attached hydrogens (tertiary/aromatic N) is 3. The Morgan fingerprint density at radius 2 is 2.00 bits per heavy atom. The monoisotopic (exact) mass is 282 g/mol. The van der Waals surface area contributed by atoms with E-state index in [0.717, 1.165) is 36.5 Å². The third kappa shape index (κ3) is 3.44. The quantitative estimate of drug-likeness (QED) is 0.729. The highest BCUT2D eigenvalue weighted by molar-refractivity contribution is 5.79. The van der Waals surface area contributed by atoms with Crippen molar-refractivity contribution in [2.45, 2.75) is 26.8 Å². The van der Waals surface area contributed by atoms with Gasteiger partial charge in [0.15, 0.2) is 5.82 Å². The maximum atomic E-state index is 4.94. The topological polar surface area (TPSA) is 63.8 Å². The van der Waals surface area contributed by atoms with Gasteiger partial charge in [-0.05, 0) is 30.7 Å². The molecule has 0 saturated carbocycles. The smallest absolute Gasteiger partial charge is 0.223 e. The summed E-state index contributed by atoms with van der Waals surface area (Å²) in [5.74, 6) is 1.36. The number of rotatable bonds is 5. The van der Waals surface area contributed by atoms with Crippen LogP contribution in [-0.2, 0) is 13.0 Å². The number of pyridine rings is 1. The summed E-state index contributed by atoms with van der Waals surface area (Å²) in [4.78, 5) is 8.69. The van der Waals surface area contributed by atoms with E-state index in [9.17, 15) is 0 Å². The zero-order chi connectivity index (χ0) is 14.7. The molecular formula is C16H18N4O. The van der Waals surface area contributed by atoms with Crippen LogP contribution in [0.4, 0.5) is 0 Å². The Labute approximate surface area is 123 Å². The van der Waals surface area contributed by atoms with Crippen LogP contribution in [0.25, 0.3) is 10.9 Å². The third-order valence-electron chi connectivity index (χ3n) is 3.32. The van der Waals surface area contributed by atoms with Crippen molar-refractivity contribution in [3.63, 3.8) is 0 Å². The SMILES string of the molecule is Cc1ccc2cc(CNCCc3noc(C)n3)ccc2n1. The molecule has 0 spiro atoms. The van der Waals surface area contributed by atoms with Crippen molar-refractivity contribution in [1.29, 1.82) is 0 Å². The molecule has 1 aromatic carbocycles. The second-order valence-corrected chi connectivity index (χ2v) is 5.14. The van der Waals surface area contributed by atoms with Crippen molar-refractivity contribution < 1.29 is 4.52 Å². The fourth-order valence-electron chi connectivity index (χ4n) is 2.26. The van der Waals surface area contributed by atoms with Gasteiger partial charge in [-0.3, -0.25) is 4.98 Å². The molecule has 0 aliphatic heterocycles. The standard InChI is InChI=1S/C16H18N4O/c1-11-3-5-14-9-13(4-6-15(14)18-11)10-17-8-7-16-19-12(2)21-20-16/h3-6,9,17H,7-8,10H2,1-2H3. The van der Waals surface area contributed by atoms with E-state index in [4.69, 9.17) is 4.52 Å². The Bertz CT molecular complexity index is 751. The van der Waals surface area contributed by atoms with E-state index in [1.807, 2.05) is 13.0 Å². The molecule has 3 aromatic rings. The lowest BCUT2D eigenvalue weighted by atomic mass is 10.1. The minimum absolute atomic E-state index is 0.613. The largest absolute Gasteiger partial charge is 0.340 e. The lowest BCUT2D eigenvalue weighted by Gasteiger charge is -2.05. The molecule has 108 valence electrons. The molecule has 1 N–H and O–H groups in total. The van der Waals surface area contributed by atoms with Crippen LogP contribution in [0.2, 0.25) is 0 Å². The Morgan fingerprint density at radius 3 is 2.81 bits per heavy atom. The molecule has 0 radical (unpaired) electrons. The third-order valence-corrected chi connectivity index (χ3v) is 3.32. The van der Waals surface area contributed by atoms with Gasteiger partial charge in [0, 0.05) is 37.5 Å². The predicted molar refractivity (Wildman–Crippen MR) is 80.9 cm³/mol. The molecule has 0 bridgehead atoms. The zero-order valence-electron chi connectivity index (χ0n) is 12.3. The van der Waals surface area contributed by atoms with Crippen molar-refractivity contribution in [2.75, 3.05) is 6.54 Å². The Kier molecular flexibility index (Phi) is 3.92. The summed E-state index contributed by atoms with van der Waals surface area (Å²) in [5.41, 5.74) is 3.34. The molecule has 0 atom stereocenters. The molecule has 3 rings (SSSR count). The maximum Gasteiger partial charge on any atom is 0.223 e. The number of aryl methyl sites for hydroxylation is 2. The molecule has 2 heterocycles. The number of nitrogens with one attached hydrogen (secondary N) is 1. The van der Waals surface area contributed by atoms with Crippen LogP contribution in [0.1, 0.15) is 23.0 Å². The Hall–Kier alpha value is -2.27. The molecule has 0 aliphatic rings. The summed E-state index contributed by atoms with van der Waals surface area (Å²) in [7, 11) is 0. The van der Waals surface area contributed by atoms with Gasteiger partial charge in [-0.25, -0.2) is 0 Å². The number of fused-ring (bicyclic) bond motifs is 1. The van der Waals surface area contributed by atoms with E-state index in [1.54, 1.807) is 6.92 Å². The Balaban J connectivity index is 1.56. The summed E-state index contributed by atoms with van der Waals surface area (Å²) in [6.07, 6.45) is 0.770. The predicted octanol–water partition coefficient (Wildman–Crippen LogP) is 2.57. The van der Waals surface area contributed by atoms with Crippen LogP contribution in [0.5, 0.6) is 0 Å². The van der Waals surface area contributed by atoms with E-state index in [1.165, 1.54) is 10.9 Å². The van der Waals surface area contributed by atoms with Crippen LogP contribution >= 0.6 is 0 Å². The molecule has 0 fully saturated rings. The van der Waals surface area contributed by atoms with Crippen LogP contribution < -0.4 is 5.32 Å². The summed E-state index contributed by atoms with van der Waals surface area (Å²) < 4.78 is 4.94. The number of aromatic nitrogens is 3. The lowest BCUT2D eigenvalue weighted by molar-refractivity contribution is 0.387. The van der Waals surface area contributed by atoms with E-state index in [-0.39, 0.29) is 0 Å². The van der Waals surface area contributed by atoms with Crippen molar-refractivity contribution in [3.05, 3.63) is 53.3 Å². The number of hydrogen-bond acceptors (Lipinski definition) is 5. The van der Waals surface area contributed by atoms with Gasteiger partial charge in [-0.2, -0.15) is 4.98 Å². The fourth-order valence-corrected chi connectivity index (χ4v) is 2.26. The zero-order valence-corrected chi connectivity index (χ0v) is 12.3. The second-order valence-electron chi connectivity index (χ2n) is 5.14. The number of hydrogen-bond donors (Lipinski definition) is 1. The molecule has 0 unspecified atom stereocenters. The first-order valence-corrected chi connectivity index (χ1v) is 7.07. The van der Waals surface area contributed by atoms with Crippen LogP contribution in [-0.4, -0.2) is 21.7 Å². The van der Waals surface area contributed by atoms with E-state index < -0.39 is 0 Å². The van der Waals surface area contributed by atoms with Crippen molar-refractivity contribution in [2.24, 2.45) is 0 Å². The van der Waals surface area contributed by atoms with Gasteiger partial charge < -0.3 is 9.84 Å². The molecule has 0 saturated heterocycles. The minimum atomic E-state index is 0.613. The van der Waals surface area contributed by atoms with Crippen molar-refractivity contribution in [1.82, 2.24) is 20.4 Å². The van der Waals surface area contributed by atoms with E-state index in [0.29, 0.717) is 5.89 Å². The molecule has 21 heavy (non-hydrogen) atoms. The van der Waals surface area contributed by atoms with Crippen molar-refractivity contribution >= 4 is 10.9 Å². The maximum absolute atomic E-state index is 4.94. The van der Waals surface area contributed by atoms with Crippen LogP contribution in [0, 0.1) is 13.8 Å². The highest BCUT2D eigenvalue weighted by atomic mass is 16.5. The van der Waals surface area contributed by atoms with Gasteiger partial charge in [-0.1, -0.05) is 17.3 Å². The number of benzene rings is 1. The second kappa shape index (κ2) is 6.01. The highest BCUT2D eigenvalue weighted by Crippen LogP contribution is 2.14. The molecule has 2 aromatic heterocycles. The van der Waals surface area contributed by atoms with Gasteiger partial charge >= 0.3 is 0 Å². The van der Waals surface area contributed by atoms with E-state index in [2.05, 4.69) is 44.7 Å². The average Bonchev–Trinajstić information content (AvgIpc) is 2.89. The fraction of sp³-hybridized carbons (Fsp3) is 0.312. The average molecular weight is 282 g/mol. The minimum Gasteiger partial charge on any atom is -0.340 e.